The highest BCUT2D eigenvalue weighted by atomic mass is 16.5. The first-order valence-electron chi connectivity index (χ1n) is 10.6. The Labute approximate surface area is 188 Å². The first kappa shape index (κ1) is 23.2. The molecule has 168 valence electrons. The van der Waals surface area contributed by atoms with Crippen LogP contribution >= 0.6 is 0 Å². The number of para-hydroxylation sites is 1. The van der Waals surface area contributed by atoms with E-state index in [1.54, 1.807) is 25.3 Å². The minimum absolute atomic E-state index is 0.0187. The summed E-state index contributed by atoms with van der Waals surface area (Å²) < 4.78 is 22.4. The Morgan fingerprint density at radius 3 is 2.66 bits per heavy atom. The van der Waals surface area contributed by atoms with E-state index in [1.807, 2.05) is 37.3 Å². The van der Waals surface area contributed by atoms with E-state index in [0.717, 1.165) is 24.2 Å². The van der Waals surface area contributed by atoms with Gasteiger partial charge < -0.3 is 24.3 Å². The lowest BCUT2D eigenvalue weighted by Gasteiger charge is -2.13. The van der Waals surface area contributed by atoms with Crippen LogP contribution in [-0.4, -0.2) is 45.5 Å². The van der Waals surface area contributed by atoms with Gasteiger partial charge in [0.25, 0.3) is 5.91 Å². The number of nitriles is 1. The third kappa shape index (κ3) is 6.50. The summed E-state index contributed by atoms with van der Waals surface area (Å²) in [6, 6.07) is 15.0. The van der Waals surface area contributed by atoms with Crippen molar-refractivity contribution in [1.29, 1.82) is 5.26 Å². The summed E-state index contributed by atoms with van der Waals surface area (Å²) in [6.07, 6.45) is 3.46. The number of nitrogens with one attached hydrogen (secondary N) is 1. The Morgan fingerprint density at radius 2 is 1.97 bits per heavy atom. The first-order chi connectivity index (χ1) is 15.6. The lowest BCUT2D eigenvalue weighted by molar-refractivity contribution is -0.117. The van der Waals surface area contributed by atoms with Crippen molar-refractivity contribution >= 4 is 12.0 Å². The molecule has 32 heavy (non-hydrogen) atoms. The van der Waals surface area contributed by atoms with Gasteiger partial charge in [-0.1, -0.05) is 24.3 Å². The number of carbonyl (C=O) groups excluding carboxylic acids is 1. The van der Waals surface area contributed by atoms with E-state index in [0.29, 0.717) is 43.4 Å². The zero-order chi connectivity index (χ0) is 22.8. The molecule has 1 N–H and O–H groups in total. The average molecular weight is 437 g/mol. The molecule has 1 aliphatic rings. The molecular formula is C25H28N2O5. The van der Waals surface area contributed by atoms with Gasteiger partial charge >= 0.3 is 0 Å². The van der Waals surface area contributed by atoms with Crippen molar-refractivity contribution in [1.82, 2.24) is 5.32 Å². The lowest BCUT2D eigenvalue weighted by Crippen LogP contribution is -2.32. The summed E-state index contributed by atoms with van der Waals surface area (Å²) in [6.45, 7) is 3.84. The molecule has 2 aromatic carbocycles. The number of amides is 1. The van der Waals surface area contributed by atoms with Gasteiger partial charge in [-0.05, 0) is 55.2 Å². The van der Waals surface area contributed by atoms with E-state index in [1.165, 1.54) is 6.08 Å². The molecule has 0 bridgehead atoms. The Hall–Kier alpha value is -3.50. The predicted molar refractivity (Wildman–Crippen MR) is 121 cm³/mol. The number of ether oxygens (including phenoxy) is 4. The van der Waals surface area contributed by atoms with Crippen LogP contribution in [0.3, 0.4) is 0 Å². The number of nitrogens with zero attached hydrogens (tertiary/aromatic N) is 1. The molecule has 2 aromatic rings. The maximum absolute atomic E-state index is 12.3. The molecule has 0 aromatic heterocycles. The second kappa shape index (κ2) is 11.8. The van der Waals surface area contributed by atoms with E-state index in [2.05, 4.69) is 5.32 Å². The molecule has 0 radical (unpaired) electrons. The number of benzene rings is 2. The summed E-state index contributed by atoms with van der Waals surface area (Å²) in [5.74, 6) is 1.46. The maximum atomic E-state index is 12.3. The van der Waals surface area contributed by atoms with Crippen LogP contribution in [0.15, 0.2) is 48.0 Å². The van der Waals surface area contributed by atoms with Gasteiger partial charge in [-0.2, -0.15) is 5.26 Å². The van der Waals surface area contributed by atoms with Gasteiger partial charge in [0, 0.05) is 13.2 Å². The highest BCUT2D eigenvalue weighted by molar-refractivity contribution is 6.01. The Bertz CT molecular complexity index is 990. The zero-order valence-corrected chi connectivity index (χ0v) is 18.4. The fourth-order valence-corrected chi connectivity index (χ4v) is 3.34. The number of hydrogen-bond acceptors (Lipinski definition) is 6. The Balaban J connectivity index is 1.57. The van der Waals surface area contributed by atoms with Gasteiger partial charge in [-0.3, -0.25) is 4.79 Å². The van der Waals surface area contributed by atoms with Gasteiger partial charge in [-0.15, -0.1) is 0 Å². The predicted octanol–water partition coefficient (Wildman–Crippen LogP) is 3.66. The molecule has 1 atom stereocenters. The molecule has 3 rings (SSSR count). The molecular weight excluding hydrogens is 408 g/mol. The molecule has 1 heterocycles. The number of hydrogen-bond donors (Lipinski definition) is 1. The van der Waals surface area contributed by atoms with Crippen molar-refractivity contribution in [2.45, 2.75) is 25.9 Å². The number of aryl methyl sites for hydroxylation is 1. The van der Waals surface area contributed by atoms with Crippen molar-refractivity contribution in [3.8, 4) is 23.3 Å². The average Bonchev–Trinajstić information content (AvgIpc) is 3.34. The first-order valence-corrected chi connectivity index (χ1v) is 10.6. The van der Waals surface area contributed by atoms with Gasteiger partial charge in [0.05, 0.1) is 13.2 Å². The lowest BCUT2D eigenvalue weighted by atomic mass is 10.1. The highest BCUT2D eigenvalue weighted by Crippen LogP contribution is 2.29. The van der Waals surface area contributed by atoms with Crippen LogP contribution < -0.4 is 19.5 Å². The van der Waals surface area contributed by atoms with Gasteiger partial charge in [0.15, 0.2) is 11.5 Å². The molecule has 1 aliphatic heterocycles. The number of methoxy groups -OCH3 is 1. The van der Waals surface area contributed by atoms with E-state index in [-0.39, 0.29) is 11.7 Å². The van der Waals surface area contributed by atoms with Gasteiger partial charge in [0.1, 0.15) is 30.6 Å². The summed E-state index contributed by atoms with van der Waals surface area (Å²) in [5, 5.41) is 12.2. The monoisotopic (exact) mass is 436 g/mol. The summed E-state index contributed by atoms with van der Waals surface area (Å²) in [4.78, 5) is 12.3. The van der Waals surface area contributed by atoms with Crippen molar-refractivity contribution in [2.75, 3.05) is 33.5 Å². The third-order valence-corrected chi connectivity index (χ3v) is 5.07. The van der Waals surface area contributed by atoms with Crippen LogP contribution in [-0.2, 0) is 9.53 Å². The Morgan fingerprint density at radius 1 is 1.19 bits per heavy atom. The van der Waals surface area contributed by atoms with Crippen molar-refractivity contribution in [3.63, 3.8) is 0 Å². The second-order valence-corrected chi connectivity index (χ2v) is 7.39. The summed E-state index contributed by atoms with van der Waals surface area (Å²) in [5.41, 5.74) is 1.74. The van der Waals surface area contributed by atoms with Crippen molar-refractivity contribution in [2.24, 2.45) is 0 Å². The maximum Gasteiger partial charge on any atom is 0.262 e. The normalized spacial score (nSPS) is 15.7. The molecule has 0 saturated carbocycles. The molecule has 1 saturated heterocycles. The molecule has 7 heteroatoms. The van der Waals surface area contributed by atoms with Crippen LogP contribution in [0.4, 0.5) is 0 Å². The minimum atomic E-state index is -0.421. The van der Waals surface area contributed by atoms with Crippen molar-refractivity contribution < 1.29 is 23.7 Å². The van der Waals surface area contributed by atoms with Gasteiger partial charge in [-0.25, -0.2) is 0 Å². The van der Waals surface area contributed by atoms with Crippen LogP contribution in [0.1, 0.15) is 24.0 Å². The van der Waals surface area contributed by atoms with Crippen LogP contribution in [0.25, 0.3) is 6.08 Å². The number of carbonyl (C=O) groups is 1. The SMILES string of the molecule is COc1cc(/C=C(\C#N)C(=O)NC[C@@H]2CCCO2)ccc1OCCOc1ccccc1C. The van der Waals surface area contributed by atoms with Crippen molar-refractivity contribution in [3.05, 3.63) is 59.2 Å². The summed E-state index contributed by atoms with van der Waals surface area (Å²) in [7, 11) is 1.54. The minimum Gasteiger partial charge on any atom is -0.493 e. The molecule has 0 unspecified atom stereocenters. The molecule has 1 fully saturated rings. The second-order valence-electron chi connectivity index (χ2n) is 7.39. The molecule has 0 spiro atoms. The van der Waals surface area contributed by atoms with Crippen LogP contribution in [0, 0.1) is 18.3 Å². The zero-order valence-electron chi connectivity index (χ0n) is 18.4. The van der Waals surface area contributed by atoms with E-state index in [4.69, 9.17) is 18.9 Å². The smallest absolute Gasteiger partial charge is 0.262 e. The molecule has 0 aliphatic carbocycles. The topological polar surface area (TPSA) is 89.8 Å². The Kier molecular flexibility index (Phi) is 8.52. The quantitative estimate of drug-likeness (QED) is 0.347. The summed E-state index contributed by atoms with van der Waals surface area (Å²) >= 11 is 0. The number of rotatable bonds is 10. The van der Waals surface area contributed by atoms with Crippen LogP contribution in [0.2, 0.25) is 0 Å². The fourth-order valence-electron chi connectivity index (χ4n) is 3.34. The van der Waals surface area contributed by atoms with E-state index in [9.17, 15) is 10.1 Å². The van der Waals surface area contributed by atoms with E-state index >= 15 is 0 Å². The van der Waals surface area contributed by atoms with E-state index < -0.39 is 5.91 Å². The third-order valence-electron chi connectivity index (χ3n) is 5.07. The van der Waals surface area contributed by atoms with Crippen LogP contribution in [0.5, 0.6) is 17.2 Å². The fraction of sp³-hybridized carbons (Fsp3) is 0.360. The molecule has 7 nitrogen and oxygen atoms in total. The largest absolute Gasteiger partial charge is 0.493 e. The standard InChI is InChI=1S/C25H28N2O5/c1-18-6-3-4-8-22(18)31-12-13-32-23-10-9-19(15-24(23)29-2)14-20(16-26)25(28)27-17-21-7-5-11-30-21/h3-4,6,8-10,14-15,21H,5,7,11-13,17H2,1-2H3,(H,27,28)/b20-14+/t21-/m0/s1. The highest BCUT2D eigenvalue weighted by Gasteiger charge is 2.17. The molecule has 1 amide bonds. The van der Waals surface area contributed by atoms with Gasteiger partial charge in [0.2, 0.25) is 0 Å².